The number of rotatable bonds is 7. The lowest BCUT2D eigenvalue weighted by Crippen LogP contribution is -2.29. The van der Waals surface area contributed by atoms with Crippen LogP contribution in [0.2, 0.25) is 0 Å². The van der Waals surface area contributed by atoms with Gasteiger partial charge in [-0.1, -0.05) is 4.47 Å². The van der Waals surface area contributed by atoms with E-state index >= 15 is 0 Å². The Hall–Kier alpha value is -1.83. The number of carbonyl (C=O) groups excluding carboxylic acids is 1. The summed E-state index contributed by atoms with van der Waals surface area (Å²) < 4.78 is 52.1. The largest absolute Gasteiger partial charge is 0.321 e. The van der Waals surface area contributed by atoms with Gasteiger partial charge >= 0.3 is 0 Å². The molecular formula is C17H21N3O6S3. The second-order valence-corrected chi connectivity index (χ2v) is 11.1. The molecule has 1 saturated heterocycles. The predicted molar refractivity (Wildman–Crippen MR) is 109 cm³/mol. The summed E-state index contributed by atoms with van der Waals surface area (Å²) in [6.07, 6.45) is 1.61. The maximum atomic E-state index is 12.8. The molecule has 0 atom stereocenters. The van der Waals surface area contributed by atoms with Crippen LogP contribution in [0.15, 0.2) is 45.5 Å². The number of thiophene rings is 1. The van der Waals surface area contributed by atoms with Crippen molar-refractivity contribution in [3.05, 3.63) is 40.6 Å². The summed E-state index contributed by atoms with van der Waals surface area (Å²) in [6.45, 7) is 0.899. The van der Waals surface area contributed by atoms with Crippen molar-refractivity contribution in [3.63, 3.8) is 0 Å². The monoisotopic (exact) mass is 459 g/mol. The third-order valence-electron chi connectivity index (χ3n) is 4.52. The van der Waals surface area contributed by atoms with Gasteiger partial charge in [0, 0.05) is 25.8 Å². The molecule has 1 fully saturated rings. The average molecular weight is 460 g/mol. The Labute approximate surface area is 173 Å². The van der Waals surface area contributed by atoms with E-state index in [1.807, 2.05) is 0 Å². The molecule has 1 aliphatic rings. The molecule has 1 aromatic carbocycles. The molecule has 1 amide bonds. The number of hydroxylamine groups is 1. The molecule has 12 heteroatoms. The van der Waals surface area contributed by atoms with Crippen LogP contribution in [0, 0.1) is 0 Å². The third kappa shape index (κ3) is 4.37. The van der Waals surface area contributed by atoms with Crippen LogP contribution >= 0.6 is 11.3 Å². The van der Waals surface area contributed by atoms with Gasteiger partial charge in [0.15, 0.2) is 0 Å². The molecule has 0 bridgehead atoms. The van der Waals surface area contributed by atoms with Gasteiger partial charge in [-0.05, 0) is 48.6 Å². The van der Waals surface area contributed by atoms with E-state index in [-0.39, 0.29) is 14.7 Å². The highest BCUT2D eigenvalue weighted by Gasteiger charge is 2.32. The highest BCUT2D eigenvalue weighted by molar-refractivity contribution is 7.89. The lowest BCUT2D eigenvalue weighted by molar-refractivity contribution is -0.0258. The molecule has 0 aliphatic carbocycles. The van der Waals surface area contributed by atoms with Crippen molar-refractivity contribution >= 4 is 43.0 Å². The minimum absolute atomic E-state index is 0.00623. The lowest BCUT2D eigenvalue weighted by atomic mass is 10.3. The van der Waals surface area contributed by atoms with E-state index in [0.717, 1.165) is 28.6 Å². The normalized spacial score (nSPS) is 15.7. The Morgan fingerprint density at radius 1 is 1.10 bits per heavy atom. The van der Waals surface area contributed by atoms with Crippen LogP contribution in [-0.4, -0.2) is 58.8 Å². The van der Waals surface area contributed by atoms with E-state index in [4.69, 9.17) is 4.84 Å². The zero-order chi connectivity index (χ0) is 21.2. The first kappa shape index (κ1) is 21.9. The molecular weight excluding hydrogens is 438 g/mol. The smallest absolute Gasteiger partial charge is 0.267 e. The van der Waals surface area contributed by atoms with Gasteiger partial charge in [-0.3, -0.25) is 9.63 Å². The molecule has 1 N–H and O–H groups in total. The number of anilines is 1. The fourth-order valence-electron chi connectivity index (χ4n) is 2.88. The van der Waals surface area contributed by atoms with Crippen molar-refractivity contribution in [1.29, 1.82) is 0 Å². The summed E-state index contributed by atoms with van der Waals surface area (Å²) in [5, 5.41) is 4.18. The van der Waals surface area contributed by atoms with Gasteiger partial charge in [0.2, 0.25) is 10.0 Å². The number of benzene rings is 1. The summed E-state index contributed by atoms with van der Waals surface area (Å²) in [5.41, 5.74) is 0.340. The molecule has 1 aliphatic heterocycles. The van der Waals surface area contributed by atoms with Crippen molar-refractivity contribution in [2.24, 2.45) is 0 Å². The SMILES string of the molecule is CON(C)S(=O)(=O)c1ccc(NC(=O)c2sccc2S(=O)(=O)N2CCCC2)cc1. The molecule has 2 aromatic rings. The van der Waals surface area contributed by atoms with Gasteiger partial charge < -0.3 is 5.32 Å². The maximum Gasteiger partial charge on any atom is 0.267 e. The van der Waals surface area contributed by atoms with Crippen LogP contribution in [0.25, 0.3) is 0 Å². The lowest BCUT2D eigenvalue weighted by Gasteiger charge is -2.16. The number of hydrogen-bond donors (Lipinski definition) is 1. The van der Waals surface area contributed by atoms with Crippen LogP contribution in [0.3, 0.4) is 0 Å². The van der Waals surface area contributed by atoms with Crippen molar-refractivity contribution in [1.82, 2.24) is 8.77 Å². The molecule has 0 radical (unpaired) electrons. The summed E-state index contributed by atoms with van der Waals surface area (Å²) in [6, 6.07) is 6.95. The van der Waals surface area contributed by atoms with E-state index < -0.39 is 26.0 Å². The van der Waals surface area contributed by atoms with Crippen molar-refractivity contribution in [3.8, 4) is 0 Å². The maximum absolute atomic E-state index is 12.8. The van der Waals surface area contributed by atoms with Crippen LogP contribution in [-0.2, 0) is 24.9 Å². The van der Waals surface area contributed by atoms with Gasteiger partial charge in [0.1, 0.15) is 9.77 Å². The van der Waals surface area contributed by atoms with E-state index in [1.165, 1.54) is 48.8 Å². The fraction of sp³-hybridized carbons (Fsp3) is 0.353. The Bertz CT molecular complexity index is 1090. The second kappa shape index (κ2) is 8.50. The first-order valence-corrected chi connectivity index (χ1v) is 12.5. The van der Waals surface area contributed by atoms with Gasteiger partial charge in [-0.2, -0.15) is 4.31 Å². The van der Waals surface area contributed by atoms with Crippen LogP contribution in [0.4, 0.5) is 5.69 Å². The van der Waals surface area contributed by atoms with Gasteiger partial charge in [-0.15, -0.1) is 11.3 Å². The molecule has 3 rings (SSSR count). The van der Waals surface area contributed by atoms with E-state index in [1.54, 1.807) is 5.38 Å². The molecule has 29 heavy (non-hydrogen) atoms. The van der Waals surface area contributed by atoms with Crippen molar-refractivity contribution in [2.45, 2.75) is 22.6 Å². The van der Waals surface area contributed by atoms with Gasteiger partial charge in [0.05, 0.1) is 12.0 Å². The summed E-state index contributed by atoms with van der Waals surface area (Å²) in [4.78, 5) is 17.5. The highest BCUT2D eigenvalue weighted by Crippen LogP contribution is 2.28. The zero-order valence-electron chi connectivity index (χ0n) is 15.9. The fourth-order valence-corrected chi connectivity index (χ4v) is 6.66. The predicted octanol–water partition coefficient (Wildman–Crippen LogP) is 1.97. The molecule has 0 unspecified atom stereocenters. The van der Waals surface area contributed by atoms with Gasteiger partial charge in [-0.25, -0.2) is 16.8 Å². The van der Waals surface area contributed by atoms with E-state index in [2.05, 4.69) is 5.32 Å². The molecule has 2 heterocycles. The number of sulfonamides is 2. The minimum atomic E-state index is -3.80. The van der Waals surface area contributed by atoms with Gasteiger partial charge in [0.25, 0.3) is 15.9 Å². The number of nitrogens with zero attached hydrogens (tertiary/aromatic N) is 2. The number of hydrogen-bond acceptors (Lipinski definition) is 7. The zero-order valence-corrected chi connectivity index (χ0v) is 18.3. The first-order valence-electron chi connectivity index (χ1n) is 8.70. The molecule has 1 aromatic heterocycles. The topological polar surface area (TPSA) is 113 Å². The Balaban J connectivity index is 1.79. The average Bonchev–Trinajstić information content (AvgIpc) is 3.40. The highest BCUT2D eigenvalue weighted by atomic mass is 32.2. The van der Waals surface area contributed by atoms with Crippen molar-refractivity contribution in [2.75, 3.05) is 32.6 Å². The van der Waals surface area contributed by atoms with E-state index in [9.17, 15) is 21.6 Å². The molecule has 158 valence electrons. The second-order valence-electron chi connectivity index (χ2n) is 6.30. The van der Waals surface area contributed by atoms with Crippen LogP contribution in [0.5, 0.6) is 0 Å². The number of carbonyl (C=O) groups is 1. The summed E-state index contributed by atoms with van der Waals surface area (Å²) >= 11 is 1.04. The first-order chi connectivity index (χ1) is 13.7. The molecule has 0 spiro atoms. The number of amides is 1. The van der Waals surface area contributed by atoms with Crippen molar-refractivity contribution < 1.29 is 26.5 Å². The summed E-state index contributed by atoms with van der Waals surface area (Å²) in [5.74, 6) is -0.567. The standard InChI is InChI=1S/C17H21N3O6S3/c1-19(26-2)28(22,23)14-7-5-13(6-8-14)18-17(21)16-15(9-12-27-16)29(24,25)20-10-3-4-11-20/h5-9,12H,3-4,10-11H2,1-2H3,(H,18,21). The molecule has 9 nitrogen and oxygen atoms in total. The molecule has 0 saturated carbocycles. The van der Waals surface area contributed by atoms with Crippen LogP contribution < -0.4 is 5.32 Å². The third-order valence-corrected chi connectivity index (χ3v) is 9.20. The van der Waals surface area contributed by atoms with Crippen LogP contribution in [0.1, 0.15) is 22.5 Å². The number of nitrogens with one attached hydrogen (secondary N) is 1. The Kier molecular flexibility index (Phi) is 6.41. The van der Waals surface area contributed by atoms with E-state index in [0.29, 0.717) is 18.8 Å². The summed E-state index contributed by atoms with van der Waals surface area (Å²) in [7, 11) is -5.01. The Morgan fingerprint density at radius 3 is 2.31 bits per heavy atom. The quantitative estimate of drug-likeness (QED) is 0.634. The minimum Gasteiger partial charge on any atom is -0.321 e. The Morgan fingerprint density at radius 2 is 1.72 bits per heavy atom.